The number of para-hydroxylation sites is 1. The second-order valence-corrected chi connectivity index (χ2v) is 6.01. The molecule has 1 unspecified atom stereocenters. The minimum Gasteiger partial charge on any atom is -0.369 e. The molecule has 1 saturated heterocycles. The fourth-order valence-corrected chi connectivity index (χ4v) is 3.18. The average Bonchev–Trinajstić information content (AvgIpc) is 2.55. The summed E-state index contributed by atoms with van der Waals surface area (Å²) in [6.45, 7) is 11.5. The Bertz CT molecular complexity index is 371. The van der Waals surface area contributed by atoms with E-state index in [0.717, 1.165) is 26.2 Å². The maximum absolute atomic E-state index is 3.60. The zero-order valence-electron chi connectivity index (χ0n) is 13.7. The Morgan fingerprint density at radius 2 is 1.71 bits per heavy atom. The highest BCUT2D eigenvalue weighted by molar-refractivity contribution is 5.46. The largest absolute Gasteiger partial charge is 0.369 e. The second kappa shape index (κ2) is 9.06. The molecule has 1 aromatic carbocycles. The molecule has 2 rings (SSSR count). The van der Waals surface area contributed by atoms with Crippen LogP contribution in [-0.4, -0.2) is 50.2 Å². The number of piperazine rings is 1. The highest BCUT2D eigenvalue weighted by atomic mass is 15.3. The van der Waals surface area contributed by atoms with Crippen molar-refractivity contribution in [1.82, 2.24) is 10.2 Å². The van der Waals surface area contributed by atoms with Crippen molar-refractivity contribution in [3.8, 4) is 0 Å². The van der Waals surface area contributed by atoms with E-state index in [2.05, 4.69) is 59.3 Å². The second-order valence-electron chi connectivity index (χ2n) is 6.01. The Morgan fingerprint density at radius 1 is 1.00 bits per heavy atom. The van der Waals surface area contributed by atoms with E-state index >= 15 is 0 Å². The monoisotopic (exact) mass is 289 g/mol. The van der Waals surface area contributed by atoms with Gasteiger partial charge in [0, 0.05) is 44.5 Å². The molecule has 0 amide bonds. The fourth-order valence-electron chi connectivity index (χ4n) is 3.18. The average molecular weight is 289 g/mol. The Kier molecular flexibility index (Phi) is 7.04. The third-order valence-corrected chi connectivity index (χ3v) is 4.38. The number of rotatable bonds is 8. The summed E-state index contributed by atoms with van der Waals surface area (Å²) >= 11 is 0. The Morgan fingerprint density at radius 3 is 2.33 bits per heavy atom. The molecular formula is C18H31N3. The Labute approximate surface area is 130 Å². The molecular weight excluding hydrogens is 258 g/mol. The summed E-state index contributed by atoms with van der Waals surface area (Å²) in [6.07, 6.45) is 3.81. The van der Waals surface area contributed by atoms with Gasteiger partial charge in [-0.2, -0.15) is 0 Å². The van der Waals surface area contributed by atoms with E-state index < -0.39 is 0 Å². The number of anilines is 1. The van der Waals surface area contributed by atoms with Crippen molar-refractivity contribution >= 4 is 5.69 Å². The summed E-state index contributed by atoms with van der Waals surface area (Å²) in [6, 6.07) is 11.5. The normalized spacial score (nSPS) is 17.9. The van der Waals surface area contributed by atoms with Crippen molar-refractivity contribution < 1.29 is 0 Å². The zero-order chi connectivity index (χ0) is 14.9. The fraction of sp³-hybridized carbons (Fsp3) is 0.667. The standard InChI is InChI=1S/C18H31N3/c1-3-8-18(16-19-11-4-2)21-14-12-20(13-15-21)17-9-6-5-7-10-17/h5-7,9-10,18-19H,3-4,8,11-16H2,1-2H3. The molecule has 3 heteroatoms. The number of hydrogen-bond donors (Lipinski definition) is 1. The molecule has 1 atom stereocenters. The highest BCUT2D eigenvalue weighted by Crippen LogP contribution is 2.17. The lowest BCUT2D eigenvalue weighted by molar-refractivity contribution is 0.171. The van der Waals surface area contributed by atoms with Crippen LogP contribution in [0.1, 0.15) is 33.1 Å². The number of benzene rings is 1. The summed E-state index contributed by atoms with van der Waals surface area (Å²) in [5.74, 6) is 0. The number of nitrogens with one attached hydrogen (secondary N) is 1. The number of nitrogens with zero attached hydrogens (tertiary/aromatic N) is 2. The lowest BCUT2D eigenvalue weighted by atomic mass is 10.1. The first-order chi connectivity index (χ1) is 10.3. The van der Waals surface area contributed by atoms with Crippen LogP contribution in [0.15, 0.2) is 30.3 Å². The van der Waals surface area contributed by atoms with E-state index in [1.807, 2.05) is 0 Å². The van der Waals surface area contributed by atoms with Crippen molar-refractivity contribution in [2.45, 2.75) is 39.2 Å². The van der Waals surface area contributed by atoms with E-state index in [4.69, 9.17) is 0 Å². The van der Waals surface area contributed by atoms with Gasteiger partial charge in [0.2, 0.25) is 0 Å². The molecule has 0 aliphatic carbocycles. The van der Waals surface area contributed by atoms with Gasteiger partial charge in [0.1, 0.15) is 0 Å². The molecule has 1 fully saturated rings. The van der Waals surface area contributed by atoms with Crippen molar-refractivity contribution in [3.05, 3.63) is 30.3 Å². The molecule has 1 aromatic rings. The molecule has 0 saturated carbocycles. The van der Waals surface area contributed by atoms with Crippen LogP contribution in [-0.2, 0) is 0 Å². The predicted octanol–water partition coefficient (Wildman–Crippen LogP) is 2.98. The third kappa shape index (κ3) is 5.01. The summed E-state index contributed by atoms with van der Waals surface area (Å²) in [4.78, 5) is 5.20. The first-order valence-electron chi connectivity index (χ1n) is 8.60. The molecule has 21 heavy (non-hydrogen) atoms. The quantitative estimate of drug-likeness (QED) is 0.742. The topological polar surface area (TPSA) is 18.5 Å². The lowest BCUT2D eigenvalue weighted by Gasteiger charge is -2.40. The Hall–Kier alpha value is -1.06. The van der Waals surface area contributed by atoms with Crippen LogP contribution in [0, 0.1) is 0 Å². The van der Waals surface area contributed by atoms with Crippen molar-refractivity contribution in [2.75, 3.05) is 44.2 Å². The van der Waals surface area contributed by atoms with Crippen LogP contribution in [0.25, 0.3) is 0 Å². The van der Waals surface area contributed by atoms with Gasteiger partial charge in [0.05, 0.1) is 0 Å². The van der Waals surface area contributed by atoms with Gasteiger partial charge in [-0.05, 0) is 31.5 Å². The molecule has 0 bridgehead atoms. The summed E-state index contributed by atoms with van der Waals surface area (Å²) in [7, 11) is 0. The summed E-state index contributed by atoms with van der Waals surface area (Å²) < 4.78 is 0. The predicted molar refractivity (Wildman–Crippen MR) is 92.1 cm³/mol. The van der Waals surface area contributed by atoms with Crippen LogP contribution in [0.3, 0.4) is 0 Å². The van der Waals surface area contributed by atoms with Gasteiger partial charge in [-0.15, -0.1) is 0 Å². The van der Waals surface area contributed by atoms with E-state index in [9.17, 15) is 0 Å². The van der Waals surface area contributed by atoms with Gasteiger partial charge < -0.3 is 10.2 Å². The minimum absolute atomic E-state index is 0.708. The van der Waals surface area contributed by atoms with Crippen LogP contribution in [0.4, 0.5) is 5.69 Å². The molecule has 1 aliphatic rings. The Balaban J connectivity index is 1.82. The minimum atomic E-state index is 0.708. The van der Waals surface area contributed by atoms with E-state index in [1.54, 1.807) is 0 Å². The molecule has 0 aromatic heterocycles. The van der Waals surface area contributed by atoms with Crippen LogP contribution >= 0.6 is 0 Å². The molecule has 0 radical (unpaired) electrons. The highest BCUT2D eigenvalue weighted by Gasteiger charge is 2.23. The summed E-state index contributed by atoms with van der Waals surface area (Å²) in [5, 5.41) is 3.60. The zero-order valence-corrected chi connectivity index (χ0v) is 13.7. The maximum atomic E-state index is 3.60. The number of hydrogen-bond acceptors (Lipinski definition) is 3. The van der Waals surface area contributed by atoms with Crippen LogP contribution < -0.4 is 10.2 Å². The van der Waals surface area contributed by atoms with E-state index in [0.29, 0.717) is 6.04 Å². The first kappa shape index (κ1) is 16.3. The van der Waals surface area contributed by atoms with Gasteiger partial charge in [-0.3, -0.25) is 4.90 Å². The van der Waals surface area contributed by atoms with Crippen LogP contribution in [0.2, 0.25) is 0 Å². The molecule has 1 N–H and O–H groups in total. The van der Waals surface area contributed by atoms with Crippen molar-refractivity contribution in [1.29, 1.82) is 0 Å². The summed E-state index contributed by atoms with van der Waals surface area (Å²) in [5.41, 5.74) is 1.37. The molecule has 3 nitrogen and oxygen atoms in total. The van der Waals surface area contributed by atoms with Gasteiger partial charge in [0.15, 0.2) is 0 Å². The lowest BCUT2D eigenvalue weighted by Crippen LogP contribution is -2.53. The SMILES string of the molecule is CCCNCC(CCC)N1CCN(c2ccccc2)CC1. The first-order valence-corrected chi connectivity index (χ1v) is 8.60. The van der Waals surface area contributed by atoms with Crippen molar-refractivity contribution in [2.24, 2.45) is 0 Å². The molecule has 1 aliphatic heterocycles. The molecule has 1 heterocycles. The van der Waals surface area contributed by atoms with Crippen LogP contribution in [0.5, 0.6) is 0 Å². The van der Waals surface area contributed by atoms with Gasteiger partial charge in [-0.25, -0.2) is 0 Å². The van der Waals surface area contributed by atoms with E-state index in [-0.39, 0.29) is 0 Å². The van der Waals surface area contributed by atoms with E-state index in [1.165, 1.54) is 38.0 Å². The molecule has 118 valence electrons. The maximum Gasteiger partial charge on any atom is 0.0367 e. The van der Waals surface area contributed by atoms with Gasteiger partial charge >= 0.3 is 0 Å². The smallest absolute Gasteiger partial charge is 0.0367 e. The third-order valence-electron chi connectivity index (χ3n) is 4.38. The van der Waals surface area contributed by atoms with Gasteiger partial charge in [0.25, 0.3) is 0 Å². The van der Waals surface area contributed by atoms with Crippen molar-refractivity contribution in [3.63, 3.8) is 0 Å². The van der Waals surface area contributed by atoms with Gasteiger partial charge in [-0.1, -0.05) is 38.5 Å². The molecule has 0 spiro atoms.